The maximum atomic E-state index is 14.6. The maximum Gasteiger partial charge on any atom is 0.410 e. The lowest BCUT2D eigenvalue weighted by Crippen LogP contribution is -2.62. The Hall–Kier alpha value is -4.72. The second-order valence-corrected chi connectivity index (χ2v) is 19.2. The summed E-state index contributed by atoms with van der Waals surface area (Å²) in [5.74, 6) is -4.52. The lowest BCUT2D eigenvalue weighted by molar-refractivity contribution is -0.147. The zero-order valence-corrected chi connectivity index (χ0v) is 35.7. The van der Waals surface area contributed by atoms with Crippen LogP contribution in [-0.2, 0) is 46.9 Å². The van der Waals surface area contributed by atoms with Gasteiger partial charge in [-0.25, -0.2) is 22.3 Å². The Labute approximate surface area is 344 Å². The third-order valence-electron chi connectivity index (χ3n) is 10.2. The highest BCUT2D eigenvalue weighted by Crippen LogP contribution is 2.30. The third kappa shape index (κ3) is 14.2. The van der Waals surface area contributed by atoms with E-state index in [0.717, 1.165) is 26.6 Å². The SMILES string of the molecule is C=CCNC(=O)C(=O)C(CCC(F)(F)F)NC(=O)C1CC(OC(=O)N2CCc3ccccc3C2)CN1C(=O)C(NC(=O)NC(CN(C)S(C)(=O)=O)C(C)(C)C)C(C)(C)C. The zero-order chi connectivity index (χ0) is 44.7. The number of fused-ring (bicyclic) bond motifs is 1. The van der Waals surface area contributed by atoms with Crippen LogP contribution in [0, 0.1) is 10.8 Å². The van der Waals surface area contributed by atoms with Crippen LogP contribution >= 0.6 is 0 Å². The highest BCUT2D eigenvalue weighted by atomic mass is 32.2. The fourth-order valence-corrected chi connectivity index (χ4v) is 6.99. The molecule has 0 aliphatic carbocycles. The van der Waals surface area contributed by atoms with Crippen LogP contribution in [0.15, 0.2) is 36.9 Å². The van der Waals surface area contributed by atoms with Crippen LogP contribution in [0.2, 0.25) is 0 Å². The number of sulfonamides is 1. The van der Waals surface area contributed by atoms with E-state index in [1.807, 2.05) is 24.3 Å². The van der Waals surface area contributed by atoms with Crippen molar-refractivity contribution >= 4 is 45.7 Å². The van der Waals surface area contributed by atoms with Crippen LogP contribution in [0.3, 0.4) is 0 Å². The lowest BCUT2D eigenvalue weighted by atomic mass is 9.85. The van der Waals surface area contributed by atoms with Crippen LogP contribution in [0.1, 0.15) is 71.9 Å². The van der Waals surface area contributed by atoms with Gasteiger partial charge in [0.15, 0.2) is 0 Å². The Morgan fingerprint density at radius 3 is 2.17 bits per heavy atom. The number of benzene rings is 1. The topological polar surface area (TPSA) is 204 Å². The molecule has 0 radical (unpaired) electrons. The second-order valence-electron chi connectivity index (χ2n) is 17.1. The molecule has 5 atom stereocenters. The number of urea groups is 1. The van der Waals surface area contributed by atoms with Gasteiger partial charge in [0, 0.05) is 52.1 Å². The number of carbonyl (C=O) groups is 6. The van der Waals surface area contributed by atoms with Crippen molar-refractivity contribution < 1.29 is 55.1 Å². The molecule has 6 amide bonds. The molecular formula is C39H58F3N7O9S. The molecule has 2 aliphatic rings. The average Bonchev–Trinajstić information content (AvgIpc) is 3.55. The van der Waals surface area contributed by atoms with Gasteiger partial charge in [-0.1, -0.05) is 71.9 Å². The molecule has 5 unspecified atom stereocenters. The molecule has 330 valence electrons. The molecular weight excluding hydrogens is 800 g/mol. The van der Waals surface area contributed by atoms with Gasteiger partial charge in [0.05, 0.1) is 18.8 Å². The summed E-state index contributed by atoms with van der Waals surface area (Å²) in [6, 6.07) is 1.14. The molecule has 4 N–H and O–H groups in total. The summed E-state index contributed by atoms with van der Waals surface area (Å²) < 4.78 is 71.3. The van der Waals surface area contributed by atoms with E-state index in [0.29, 0.717) is 13.0 Å². The summed E-state index contributed by atoms with van der Waals surface area (Å²) in [4.78, 5) is 83.8. The van der Waals surface area contributed by atoms with Gasteiger partial charge in [-0.15, -0.1) is 6.58 Å². The summed E-state index contributed by atoms with van der Waals surface area (Å²) in [6.07, 6.45) is -6.60. The minimum atomic E-state index is -4.75. The Morgan fingerprint density at radius 1 is 0.983 bits per heavy atom. The molecule has 2 aliphatic heterocycles. The van der Waals surface area contributed by atoms with E-state index in [4.69, 9.17) is 4.74 Å². The smallest absolute Gasteiger partial charge is 0.410 e. The number of amides is 6. The number of carbonyl (C=O) groups excluding carboxylic acids is 6. The van der Waals surface area contributed by atoms with Crippen LogP contribution in [-0.4, -0.2) is 134 Å². The van der Waals surface area contributed by atoms with Gasteiger partial charge in [0.25, 0.3) is 5.91 Å². The molecule has 3 rings (SSSR count). The van der Waals surface area contributed by atoms with E-state index in [1.54, 1.807) is 41.5 Å². The summed E-state index contributed by atoms with van der Waals surface area (Å²) in [6.45, 7) is 13.6. The molecule has 2 heterocycles. The molecule has 20 heteroatoms. The quantitative estimate of drug-likeness (QED) is 0.151. The van der Waals surface area contributed by atoms with E-state index < -0.39 is 106 Å². The lowest BCUT2D eigenvalue weighted by Gasteiger charge is -2.37. The number of hydrogen-bond donors (Lipinski definition) is 4. The first-order chi connectivity index (χ1) is 27.1. The molecule has 1 aromatic rings. The fraction of sp³-hybridized carbons (Fsp3) is 0.641. The number of nitrogens with one attached hydrogen (secondary N) is 4. The molecule has 1 fully saturated rings. The zero-order valence-electron chi connectivity index (χ0n) is 34.9. The highest BCUT2D eigenvalue weighted by Gasteiger charge is 2.48. The monoisotopic (exact) mass is 857 g/mol. The molecule has 0 saturated carbocycles. The van der Waals surface area contributed by atoms with Crippen LogP contribution in [0.25, 0.3) is 0 Å². The predicted molar refractivity (Wildman–Crippen MR) is 212 cm³/mol. The number of likely N-dealkylation sites (N-methyl/N-ethyl adjacent to an activating group) is 1. The van der Waals surface area contributed by atoms with Crippen LogP contribution < -0.4 is 21.3 Å². The molecule has 0 aromatic heterocycles. The number of nitrogens with zero attached hydrogens (tertiary/aromatic N) is 3. The minimum absolute atomic E-state index is 0.103. The van der Waals surface area contributed by atoms with Gasteiger partial charge in [-0.05, 0) is 34.8 Å². The van der Waals surface area contributed by atoms with Crippen molar-refractivity contribution in [2.24, 2.45) is 10.8 Å². The number of Topliss-reactive ketones (excluding diaryl/α,β-unsaturated/α-hetero) is 1. The van der Waals surface area contributed by atoms with Crippen molar-refractivity contribution in [3.63, 3.8) is 0 Å². The number of hydrogen-bond acceptors (Lipinski definition) is 9. The van der Waals surface area contributed by atoms with E-state index in [1.165, 1.54) is 18.0 Å². The van der Waals surface area contributed by atoms with Gasteiger partial charge in [-0.2, -0.15) is 13.2 Å². The number of halogens is 3. The Morgan fingerprint density at radius 2 is 1.61 bits per heavy atom. The normalized spacial score (nSPS) is 18.8. The van der Waals surface area contributed by atoms with Crippen molar-refractivity contribution in [2.75, 3.05) is 39.5 Å². The summed E-state index contributed by atoms with van der Waals surface area (Å²) in [5.41, 5.74) is 0.281. The first-order valence-electron chi connectivity index (χ1n) is 19.2. The van der Waals surface area contributed by atoms with Gasteiger partial charge in [0.2, 0.25) is 27.6 Å². The summed E-state index contributed by atoms with van der Waals surface area (Å²) in [7, 11) is -2.27. The van der Waals surface area contributed by atoms with Crippen molar-refractivity contribution in [3.8, 4) is 0 Å². The standard InChI is InChI=1S/C39H58F3N7O9S/c1-10-18-43-33(52)30(50)27(15-17-39(40,41)42)44-32(51)28-20-26(58-36(55)48-19-16-24-13-11-12-14-25(24)21-48)22-49(28)34(53)31(38(5,6)7)46-35(54)45-29(37(2,3)4)23-47(8)59(9,56)57/h10-14,26-29,31H,1,15-23H2,2-9H3,(H,43,52)(H,44,51)(H2,45,46,54). The first-order valence-corrected chi connectivity index (χ1v) is 21.1. The molecule has 59 heavy (non-hydrogen) atoms. The number of alkyl halides is 3. The number of rotatable bonds is 15. The van der Waals surface area contributed by atoms with E-state index in [9.17, 15) is 50.4 Å². The van der Waals surface area contributed by atoms with E-state index >= 15 is 0 Å². The highest BCUT2D eigenvalue weighted by molar-refractivity contribution is 7.88. The maximum absolute atomic E-state index is 14.6. The Balaban J connectivity index is 1.95. The van der Waals surface area contributed by atoms with Gasteiger partial charge >= 0.3 is 18.3 Å². The van der Waals surface area contributed by atoms with E-state index in [2.05, 4.69) is 27.8 Å². The predicted octanol–water partition coefficient (Wildman–Crippen LogP) is 2.87. The first kappa shape index (κ1) is 48.6. The molecule has 0 spiro atoms. The summed E-state index contributed by atoms with van der Waals surface area (Å²) in [5, 5.41) is 9.84. The molecule has 1 aromatic carbocycles. The fourth-order valence-electron chi connectivity index (χ4n) is 6.57. The Bertz CT molecular complexity index is 1850. The van der Waals surface area contributed by atoms with Gasteiger partial charge in [0.1, 0.15) is 18.2 Å². The van der Waals surface area contributed by atoms with Crippen molar-refractivity contribution in [1.82, 2.24) is 35.4 Å². The van der Waals surface area contributed by atoms with Crippen LogP contribution in [0.4, 0.5) is 22.8 Å². The molecule has 1 saturated heterocycles. The van der Waals surface area contributed by atoms with Crippen LogP contribution in [0.5, 0.6) is 0 Å². The van der Waals surface area contributed by atoms with Gasteiger partial charge < -0.3 is 35.8 Å². The molecule has 16 nitrogen and oxygen atoms in total. The summed E-state index contributed by atoms with van der Waals surface area (Å²) >= 11 is 0. The van der Waals surface area contributed by atoms with Crippen molar-refractivity contribution in [3.05, 3.63) is 48.0 Å². The number of likely N-dealkylation sites (tertiary alicyclic amines) is 1. The third-order valence-corrected chi connectivity index (χ3v) is 11.5. The largest absolute Gasteiger partial charge is 0.444 e. The minimum Gasteiger partial charge on any atom is -0.444 e. The van der Waals surface area contributed by atoms with Gasteiger partial charge in [-0.3, -0.25) is 19.2 Å². The number of ketones is 1. The Kier molecular flexibility index (Phi) is 16.1. The molecule has 0 bridgehead atoms. The number of ether oxygens (including phenoxy) is 1. The van der Waals surface area contributed by atoms with Crippen molar-refractivity contribution in [1.29, 1.82) is 0 Å². The average molecular weight is 858 g/mol. The van der Waals surface area contributed by atoms with E-state index in [-0.39, 0.29) is 32.6 Å². The van der Waals surface area contributed by atoms with Crippen molar-refractivity contribution in [2.45, 2.75) is 110 Å². The second kappa shape index (κ2) is 19.6.